The second kappa shape index (κ2) is 61.9. The lowest BCUT2D eigenvalue weighted by molar-refractivity contribution is 0.767. The fraction of sp³-hybridized carbons (Fsp3) is 0.312. The quantitative estimate of drug-likeness (QED) is 0.127. The van der Waals surface area contributed by atoms with Crippen LogP contribution in [-0.4, -0.2) is 145 Å². The summed E-state index contributed by atoms with van der Waals surface area (Å²) in [5, 5.41) is 42.6. The molecular weight excluding hydrogens is 1580 g/mol. The van der Waals surface area contributed by atoms with Crippen molar-refractivity contribution < 1.29 is 0 Å². The van der Waals surface area contributed by atoms with Crippen LogP contribution in [0.1, 0.15) is 173 Å². The number of rotatable bonds is 0. The van der Waals surface area contributed by atoms with Crippen LogP contribution < -0.4 is 0 Å². The normalized spacial score (nSPS) is 9.98. The van der Waals surface area contributed by atoms with Crippen molar-refractivity contribution in [3.8, 4) is 0 Å². The van der Waals surface area contributed by atoms with Crippen molar-refractivity contribution in [1.29, 1.82) is 0 Å². The van der Waals surface area contributed by atoms with Gasteiger partial charge in [0.15, 0.2) is 11.6 Å². The van der Waals surface area contributed by atoms with Gasteiger partial charge in [0.2, 0.25) is 0 Å². The molecule has 26 nitrogen and oxygen atoms in total. The van der Waals surface area contributed by atoms with Crippen molar-refractivity contribution in [1.82, 2.24) is 131 Å². The Morgan fingerprint density at radius 2 is 0.734 bits per heavy atom. The van der Waals surface area contributed by atoms with Gasteiger partial charge in [-0.1, -0.05) is 91.4 Å². The lowest BCUT2D eigenvalue weighted by Gasteiger charge is -2.02. The number of hydrogen-bond acceptors (Lipinski definition) is 26. The van der Waals surface area contributed by atoms with Crippen LogP contribution in [0.5, 0.6) is 0 Å². The molecule has 0 bridgehead atoms. The first kappa shape index (κ1) is 107. The van der Waals surface area contributed by atoms with E-state index in [1.54, 1.807) is 63.6 Å². The summed E-state index contributed by atoms with van der Waals surface area (Å²) in [5.41, 5.74) is 26.1. The maximum Gasteiger partial charge on any atom is 0.170 e. The van der Waals surface area contributed by atoms with Crippen LogP contribution in [0.4, 0.5) is 0 Å². The van der Waals surface area contributed by atoms with Gasteiger partial charge in [-0.2, -0.15) is 20.4 Å². The smallest absolute Gasteiger partial charge is 0.170 e. The van der Waals surface area contributed by atoms with Crippen molar-refractivity contribution in [2.24, 2.45) is 0 Å². The number of fused-ring (bicyclic) bond motifs is 1. The van der Waals surface area contributed by atoms with Crippen LogP contribution in [0, 0.1) is 194 Å². The minimum absolute atomic E-state index is 0.607. The average molecular weight is 1700 g/mol. The molecule has 15 aromatic rings. The molecule has 0 N–H and O–H groups in total. The van der Waals surface area contributed by atoms with Crippen LogP contribution in [0.2, 0.25) is 0 Å². The minimum atomic E-state index is 0.607. The van der Waals surface area contributed by atoms with E-state index in [4.69, 9.17) is 0 Å². The number of pyridine rings is 4. The molecule has 0 aliphatic carbocycles. The molecule has 28 heteroatoms. The van der Waals surface area contributed by atoms with E-state index >= 15 is 0 Å². The molecule has 1 aromatic carbocycles. The molecule has 14 aromatic heterocycles. The molecule has 0 unspecified atom stereocenters. The molecule has 15 heterocycles. The molecule has 1 aliphatic heterocycles. The lowest BCUT2D eigenvalue weighted by atomic mass is 10.1. The Labute approximate surface area is 739 Å². The molecule has 0 saturated carbocycles. The summed E-state index contributed by atoms with van der Waals surface area (Å²) >= 11 is 0. The summed E-state index contributed by atoms with van der Waals surface area (Å²) < 4.78 is 0. The monoisotopic (exact) mass is 1700 g/mol. The van der Waals surface area contributed by atoms with Crippen LogP contribution in [0.3, 0.4) is 0 Å². The van der Waals surface area contributed by atoms with Gasteiger partial charge in [0.05, 0.1) is 67.1 Å². The maximum absolute atomic E-state index is 4.31. The molecule has 0 atom stereocenters. The summed E-state index contributed by atoms with van der Waals surface area (Å²) in [6, 6.07) is 32.6. The summed E-state index contributed by atoms with van der Waals surface area (Å²) in [6.45, 7) is 58.8. The number of nitrogens with zero attached hydrogens (tertiary/aromatic N) is 26. The fourth-order valence-electron chi connectivity index (χ4n) is 8.88. The lowest BCUT2D eigenvalue weighted by Crippen LogP contribution is -1.97. The van der Waals surface area contributed by atoms with Crippen molar-refractivity contribution >= 4 is 33.3 Å². The molecule has 16 rings (SSSR count). The first-order chi connectivity index (χ1) is 58.8. The number of allylic oxidation sites excluding steroid dienone is 3. The minimum Gasteiger partial charge on any atom is -0.264 e. The van der Waals surface area contributed by atoms with E-state index in [0.29, 0.717) is 11.6 Å². The van der Waals surface area contributed by atoms with Gasteiger partial charge in [0.25, 0.3) is 0 Å². The third kappa shape index (κ3) is 55.5. The van der Waals surface area contributed by atoms with Gasteiger partial charge >= 0.3 is 0 Å². The highest BCUT2D eigenvalue weighted by Crippen LogP contribution is 2.19. The number of aromatic nitrogens is 26. The van der Waals surface area contributed by atoms with Gasteiger partial charge in [-0.3, -0.25) is 39.9 Å². The standard InChI is InChI=1S/C11H11N.3C7H9N.C7H9P.C7H9Si.6C6H8N2.2C5H7N3.C4H6N4/c1-8-7-12-9(2)11-6-4-3-5-10(8)11;1-6-3-7(2)5-8-4-6;1-6-3-4-7(2)8-5-6;1-6-4-3-5-7(2)8-6;2*1-6-3-4-7(2)8-5-6;1-5-3-8-6(2)4-7-5;1-5-3-7-4-6(2)8-5;1-5-3-6(2)8-4-7-5;1-5-3-7-6(2)8-4-5;1-5-3-4-7-6(2)8-5;1-5-3-4-6(2)8-7-5;1-4-3-6-8-5(2)7-4;1-4-3-6-5(2)8-7-4;1-3-5-7-4(2)8-6-3/h3-7H,1-2H3;5*3-5H,1-2H3;6*3-4H,1-2H3;2*3H,1-2H3;1-2H3. The SMILES string of the molecule is CC1=C[Si]=C(C)C=C1.Cc1cc(C)ncn1.Cc1ccc(C)nc1.Cc1ccc(C)nn1.Cc1ccc(C)pc1.Cc1cccc(C)n1.Cc1ccnc(C)n1.Cc1cnc(C)c2ccccc12.Cc1cnc(C)cn1.Cc1cnc(C)nc1.Cc1cnc(C)nn1.Cc1cncc(C)c1.Cc1cncc(C)n1.Cc1cnnc(C)n1.Cc1nnc(C)nn1. The highest BCUT2D eigenvalue weighted by Gasteiger charge is 2.00. The van der Waals surface area contributed by atoms with E-state index in [9.17, 15) is 0 Å². The third-order valence-electron chi connectivity index (χ3n) is 15.2. The summed E-state index contributed by atoms with van der Waals surface area (Å²) in [6.07, 6.45) is 29.1. The predicted molar refractivity (Wildman–Crippen MR) is 505 cm³/mol. The van der Waals surface area contributed by atoms with Crippen molar-refractivity contribution in [2.45, 2.75) is 208 Å². The Hall–Kier alpha value is -13.3. The first-order valence-corrected chi connectivity index (χ1v) is 42.0. The van der Waals surface area contributed by atoms with Crippen molar-refractivity contribution in [3.05, 3.63) is 372 Å². The average Bonchev–Trinajstić information content (AvgIpc) is 0.818. The van der Waals surface area contributed by atoms with Gasteiger partial charge in [-0.05, 0) is 300 Å². The zero-order valence-corrected chi connectivity index (χ0v) is 80.1. The van der Waals surface area contributed by atoms with Crippen LogP contribution in [-0.2, 0) is 0 Å². The number of hydrogen-bond donors (Lipinski definition) is 0. The topological polar surface area (TPSA) is 335 Å². The largest absolute Gasteiger partial charge is 0.264 e. The Bertz CT molecular complexity index is 4480. The summed E-state index contributed by atoms with van der Waals surface area (Å²) in [4.78, 5) is 64.3. The molecule has 0 amide bonds. The molecule has 0 spiro atoms. The van der Waals surface area contributed by atoms with E-state index in [1.807, 2.05) is 245 Å². The number of benzene rings is 1. The third-order valence-corrected chi connectivity index (χ3v) is 17.5. The van der Waals surface area contributed by atoms with Crippen LogP contribution in [0.15, 0.2) is 213 Å². The van der Waals surface area contributed by atoms with E-state index in [1.165, 1.54) is 62.8 Å². The van der Waals surface area contributed by atoms with Crippen LogP contribution >= 0.6 is 8.19 Å². The van der Waals surface area contributed by atoms with E-state index < -0.39 is 0 Å². The van der Waals surface area contributed by atoms with Crippen molar-refractivity contribution in [3.63, 3.8) is 0 Å². The fourth-order valence-corrected chi connectivity index (χ4v) is 10.3. The van der Waals surface area contributed by atoms with E-state index in [2.05, 4.69) is 238 Å². The molecule has 1 aliphatic rings. The molecule has 647 valence electrons. The predicted octanol–water partition coefficient (Wildman–Crippen LogP) is 19.6. The first-order valence-electron chi connectivity index (χ1n) is 40.0. The zero-order chi connectivity index (χ0) is 92.3. The Balaban J connectivity index is 0.000000451. The van der Waals surface area contributed by atoms with Crippen molar-refractivity contribution in [2.75, 3.05) is 0 Å². The van der Waals surface area contributed by atoms with Gasteiger partial charge in [-0.25, -0.2) is 39.9 Å². The molecular formula is C96H124N26PSi. The van der Waals surface area contributed by atoms with Gasteiger partial charge in [-0.15, -0.1) is 30.6 Å². The van der Waals surface area contributed by atoms with Gasteiger partial charge in [0, 0.05) is 113 Å². The second-order valence-electron chi connectivity index (χ2n) is 28.6. The molecule has 0 fully saturated rings. The highest BCUT2D eigenvalue weighted by atomic mass is 31.0. The molecule has 1 radical (unpaired) electrons. The second-order valence-corrected chi connectivity index (χ2v) is 31.2. The molecule has 124 heavy (non-hydrogen) atoms. The van der Waals surface area contributed by atoms with Gasteiger partial charge in [0.1, 0.15) is 29.6 Å². The summed E-state index contributed by atoms with van der Waals surface area (Å²) in [7, 11) is 2.28. The van der Waals surface area contributed by atoms with Gasteiger partial charge < -0.3 is 0 Å². The Kier molecular flexibility index (Phi) is 53.3. The Morgan fingerprint density at radius 1 is 0.258 bits per heavy atom. The molecule has 0 saturated heterocycles. The number of aryl methyl sites for hydroxylation is 28. The van der Waals surface area contributed by atoms with Crippen LogP contribution in [0.25, 0.3) is 10.8 Å². The Morgan fingerprint density at radius 3 is 1.08 bits per heavy atom. The highest BCUT2D eigenvalue weighted by molar-refractivity contribution is 7.30. The summed E-state index contributed by atoms with van der Waals surface area (Å²) in [5.74, 6) is 6.54. The van der Waals surface area contributed by atoms with E-state index in [0.717, 1.165) is 123 Å². The maximum atomic E-state index is 4.31. The van der Waals surface area contributed by atoms with E-state index in [-0.39, 0.29) is 0 Å². The zero-order valence-electron chi connectivity index (χ0n) is 78.2.